The summed E-state index contributed by atoms with van der Waals surface area (Å²) in [6, 6.07) is 1.72. The SMILES string of the molecule is CC(C)C(Sc1cc(C(F)(F)F)ccn1)C(=O)O. The standard InChI is InChI=1S/C11H12F3NO2S/c1-6(2)9(10(16)17)18-8-5-7(3-4-15-8)11(12,13)14/h3-6,9H,1-2H3,(H,16,17). The molecule has 1 heterocycles. The van der Waals surface area contributed by atoms with Crippen molar-refractivity contribution in [3.05, 3.63) is 23.9 Å². The summed E-state index contributed by atoms with van der Waals surface area (Å²) in [4.78, 5) is 14.7. The predicted octanol–water partition coefficient (Wildman–Crippen LogP) is 3.30. The van der Waals surface area contributed by atoms with Gasteiger partial charge in [-0.1, -0.05) is 25.6 Å². The van der Waals surface area contributed by atoms with E-state index in [2.05, 4.69) is 4.98 Å². The van der Waals surface area contributed by atoms with Gasteiger partial charge in [-0.15, -0.1) is 0 Å². The summed E-state index contributed by atoms with van der Waals surface area (Å²) in [5.41, 5.74) is -0.826. The van der Waals surface area contributed by atoms with Crippen molar-refractivity contribution in [3.8, 4) is 0 Å². The summed E-state index contributed by atoms with van der Waals surface area (Å²) in [5.74, 6) is -1.27. The number of halogens is 3. The van der Waals surface area contributed by atoms with E-state index in [9.17, 15) is 18.0 Å². The molecule has 0 aromatic carbocycles. The first-order valence-corrected chi connectivity index (χ1v) is 6.02. The normalized spacial score (nSPS) is 13.7. The molecule has 0 spiro atoms. The molecule has 0 radical (unpaired) electrons. The summed E-state index contributed by atoms with van der Waals surface area (Å²) >= 11 is 0.825. The number of carbonyl (C=O) groups is 1. The van der Waals surface area contributed by atoms with Gasteiger partial charge in [-0.25, -0.2) is 4.98 Å². The van der Waals surface area contributed by atoms with Crippen molar-refractivity contribution in [1.29, 1.82) is 0 Å². The van der Waals surface area contributed by atoms with Gasteiger partial charge in [0.15, 0.2) is 0 Å². The van der Waals surface area contributed by atoms with Crippen LogP contribution in [-0.4, -0.2) is 21.3 Å². The minimum Gasteiger partial charge on any atom is -0.480 e. The van der Waals surface area contributed by atoms with Gasteiger partial charge in [-0.3, -0.25) is 4.79 Å². The first kappa shape index (κ1) is 14.8. The number of hydrogen-bond donors (Lipinski definition) is 1. The Kier molecular flexibility index (Phi) is 4.61. The zero-order valence-corrected chi connectivity index (χ0v) is 10.5. The highest BCUT2D eigenvalue weighted by molar-refractivity contribution is 8.00. The number of rotatable bonds is 4. The monoisotopic (exact) mass is 279 g/mol. The van der Waals surface area contributed by atoms with Crippen molar-refractivity contribution >= 4 is 17.7 Å². The zero-order valence-electron chi connectivity index (χ0n) is 9.73. The Hall–Kier alpha value is -1.24. The van der Waals surface area contributed by atoms with E-state index >= 15 is 0 Å². The molecule has 0 saturated heterocycles. The summed E-state index contributed by atoms with van der Waals surface area (Å²) in [7, 11) is 0. The molecule has 100 valence electrons. The van der Waals surface area contributed by atoms with Crippen molar-refractivity contribution in [2.24, 2.45) is 5.92 Å². The molecule has 1 unspecified atom stereocenters. The second-order valence-corrected chi connectivity index (χ2v) is 5.16. The van der Waals surface area contributed by atoms with Crippen LogP contribution in [0.4, 0.5) is 13.2 Å². The van der Waals surface area contributed by atoms with E-state index < -0.39 is 23.0 Å². The number of pyridine rings is 1. The van der Waals surface area contributed by atoms with E-state index in [1.165, 1.54) is 0 Å². The van der Waals surface area contributed by atoms with Gasteiger partial charge in [0.25, 0.3) is 0 Å². The molecule has 1 atom stereocenters. The number of hydrogen-bond acceptors (Lipinski definition) is 3. The Morgan fingerprint density at radius 3 is 2.50 bits per heavy atom. The van der Waals surface area contributed by atoms with Crippen molar-refractivity contribution in [3.63, 3.8) is 0 Å². The summed E-state index contributed by atoms with van der Waals surface area (Å²) in [5, 5.41) is 8.21. The van der Waals surface area contributed by atoms with E-state index in [0.29, 0.717) is 0 Å². The Labute approximate surface area is 106 Å². The topological polar surface area (TPSA) is 50.2 Å². The van der Waals surface area contributed by atoms with E-state index in [1.807, 2.05) is 0 Å². The van der Waals surface area contributed by atoms with Crippen molar-refractivity contribution in [2.75, 3.05) is 0 Å². The first-order chi connectivity index (χ1) is 8.21. The molecule has 1 aromatic rings. The quantitative estimate of drug-likeness (QED) is 0.859. The lowest BCUT2D eigenvalue weighted by Gasteiger charge is -2.15. The number of nitrogens with zero attached hydrogens (tertiary/aromatic N) is 1. The van der Waals surface area contributed by atoms with Crippen LogP contribution >= 0.6 is 11.8 Å². The molecule has 0 fully saturated rings. The molecule has 0 aliphatic carbocycles. The number of carboxylic acids is 1. The molecule has 0 amide bonds. The minimum absolute atomic E-state index is 0.0610. The number of thioether (sulfide) groups is 1. The third-order valence-corrected chi connectivity index (χ3v) is 3.62. The van der Waals surface area contributed by atoms with Crippen LogP contribution < -0.4 is 0 Å². The first-order valence-electron chi connectivity index (χ1n) is 5.14. The highest BCUT2D eigenvalue weighted by Gasteiger charge is 2.31. The van der Waals surface area contributed by atoms with Crippen molar-refractivity contribution in [1.82, 2.24) is 4.98 Å². The molecule has 7 heteroatoms. The largest absolute Gasteiger partial charge is 0.480 e. The van der Waals surface area contributed by atoms with Crippen molar-refractivity contribution < 1.29 is 23.1 Å². The molecule has 0 aliphatic rings. The zero-order chi connectivity index (χ0) is 13.9. The third kappa shape index (κ3) is 3.90. The van der Waals surface area contributed by atoms with Gasteiger partial charge in [0.2, 0.25) is 0 Å². The fraction of sp³-hybridized carbons (Fsp3) is 0.455. The van der Waals surface area contributed by atoms with E-state index in [4.69, 9.17) is 5.11 Å². The van der Waals surface area contributed by atoms with Crippen LogP contribution in [0.5, 0.6) is 0 Å². The van der Waals surface area contributed by atoms with E-state index in [1.54, 1.807) is 13.8 Å². The molecule has 0 aliphatic heterocycles. The minimum atomic E-state index is -4.45. The number of carboxylic acid groups (broad SMARTS) is 1. The number of aliphatic carboxylic acids is 1. The van der Waals surface area contributed by atoms with Crippen LogP contribution in [-0.2, 0) is 11.0 Å². The molecule has 0 saturated carbocycles. The van der Waals surface area contributed by atoms with Crippen LogP contribution in [0.2, 0.25) is 0 Å². The van der Waals surface area contributed by atoms with Crippen LogP contribution in [0.25, 0.3) is 0 Å². The van der Waals surface area contributed by atoms with Crippen LogP contribution in [0.15, 0.2) is 23.4 Å². The fourth-order valence-electron chi connectivity index (χ4n) is 1.25. The summed E-state index contributed by atoms with van der Waals surface area (Å²) in [6.45, 7) is 3.39. The Bertz CT molecular complexity index is 435. The maximum Gasteiger partial charge on any atom is 0.416 e. The Balaban J connectivity index is 2.94. The number of alkyl halides is 3. The molecule has 0 bridgehead atoms. The average Bonchev–Trinajstić information content (AvgIpc) is 2.24. The van der Waals surface area contributed by atoms with Gasteiger partial charge in [0, 0.05) is 6.20 Å². The van der Waals surface area contributed by atoms with Gasteiger partial charge in [0.1, 0.15) is 5.25 Å². The van der Waals surface area contributed by atoms with Crippen LogP contribution in [0.3, 0.4) is 0 Å². The highest BCUT2D eigenvalue weighted by atomic mass is 32.2. The highest BCUT2D eigenvalue weighted by Crippen LogP contribution is 2.33. The lowest BCUT2D eigenvalue weighted by molar-refractivity contribution is -0.138. The van der Waals surface area contributed by atoms with E-state index in [-0.39, 0.29) is 10.9 Å². The van der Waals surface area contributed by atoms with Crippen LogP contribution in [0.1, 0.15) is 19.4 Å². The number of aromatic nitrogens is 1. The second-order valence-electron chi connectivity index (χ2n) is 4.00. The average molecular weight is 279 g/mol. The molecule has 1 rings (SSSR count). The summed E-state index contributed by atoms with van der Waals surface area (Å²) in [6.07, 6.45) is -3.42. The smallest absolute Gasteiger partial charge is 0.416 e. The molecule has 1 aromatic heterocycles. The maximum atomic E-state index is 12.5. The predicted molar refractivity (Wildman–Crippen MR) is 61.4 cm³/mol. The molecule has 18 heavy (non-hydrogen) atoms. The molecular formula is C11H12F3NO2S. The molecule has 1 N–H and O–H groups in total. The van der Waals surface area contributed by atoms with Crippen molar-refractivity contribution in [2.45, 2.75) is 30.3 Å². The fourth-order valence-corrected chi connectivity index (χ4v) is 2.20. The maximum absolute atomic E-state index is 12.5. The Morgan fingerprint density at radius 1 is 1.44 bits per heavy atom. The molecular weight excluding hydrogens is 267 g/mol. The third-order valence-electron chi connectivity index (χ3n) is 2.16. The summed E-state index contributed by atoms with van der Waals surface area (Å²) < 4.78 is 37.4. The lowest BCUT2D eigenvalue weighted by atomic mass is 10.1. The Morgan fingerprint density at radius 2 is 2.06 bits per heavy atom. The van der Waals surface area contributed by atoms with Gasteiger partial charge in [0.05, 0.1) is 10.6 Å². The van der Waals surface area contributed by atoms with Gasteiger partial charge in [-0.05, 0) is 18.1 Å². The second kappa shape index (κ2) is 5.60. The van der Waals surface area contributed by atoms with Gasteiger partial charge in [-0.2, -0.15) is 13.2 Å². The van der Waals surface area contributed by atoms with Gasteiger partial charge < -0.3 is 5.11 Å². The van der Waals surface area contributed by atoms with Crippen LogP contribution in [0, 0.1) is 5.92 Å². The molecule has 3 nitrogen and oxygen atoms in total. The van der Waals surface area contributed by atoms with Gasteiger partial charge >= 0.3 is 12.1 Å². The lowest BCUT2D eigenvalue weighted by Crippen LogP contribution is -2.22. The van der Waals surface area contributed by atoms with E-state index in [0.717, 1.165) is 30.1 Å².